The van der Waals surface area contributed by atoms with Crippen molar-refractivity contribution in [2.45, 2.75) is 96.5 Å². The molecule has 0 radical (unpaired) electrons. The molecule has 19 nitrogen and oxygen atoms in total. The van der Waals surface area contributed by atoms with E-state index >= 15 is 0 Å². The molecule has 9 rings (SSSR count). The summed E-state index contributed by atoms with van der Waals surface area (Å²) in [5.41, 5.74) is 13.5. The molecule has 3 amide bonds. The Kier molecular flexibility index (Phi) is 16.0. The SMILES string of the molecule is Cc1ncsc1-c1ccc(CNC(=O)[C@@H]2C[C@@H](O)CN2C(=O)[C@@H](NC(=O)CN2CCC(n3cc(-c4cnc(N)c5c(-c6ccc(NS(=O)(=O)C(F)F)c(O[C@@H](C)c7ccc(F)cc7)c6)nn(C)c45)cn3)CC2)C(C)(C)C)cc1. The van der Waals surface area contributed by atoms with Gasteiger partial charge in [-0.05, 0) is 73.1 Å². The number of aryl methyl sites for hydroxylation is 2. The number of piperidine rings is 1. The predicted molar refractivity (Wildman–Crippen MR) is 290 cm³/mol. The summed E-state index contributed by atoms with van der Waals surface area (Å²) in [6.45, 7) is 10.5. The summed E-state index contributed by atoms with van der Waals surface area (Å²) in [6.07, 6.45) is 4.97. The molecule has 24 heteroatoms. The molecule has 0 aliphatic carbocycles. The number of thiazole rings is 1. The lowest BCUT2D eigenvalue weighted by molar-refractivity contribution is -0.144. The number of sulfonamides is 1. The van der Waals surface area contributed by atoms with Crippen LogP contribution in [0, 0.1) is 18.2 Å². The Hall–Kier alpha value is -7.41. The van der Waals surface area contributed by atoms with Crippen LogP contribution in [0.5, 0.6) is 5.75 Å². The van der Waals surface area contributed by atoms with Crippen molar-refractivity contribution >= 4 is 61.5 Å². The summed E-state index contributed by atoms with van der Waals surface area (Å²) in [4.78, 5) is 55.0. The molecule has 3 aromatic carbocycles. The largest absolute Gasteiger partial charge is 0.484 e. The van der Waals surface area contributed by atoms with Gasteiger partial charge in [-0.15, -0.1) is 11.3 Å². The van der Waals surface area contributed by atoms with E-state index in [-0.39, 0.29) is 61.2 Å². The van der Waals surface area contributed by atoms with Crippen LogP contribution in [-0.4, -0.2) is 121 Å². The minimum atomic E-state index is -5.09. The maximum Gasteiger partial charge on any atom is 0.355 e. The highest BCUT2D eigenvalue weighted by Crippen LogP contribution is 2.41. The number of ether oxygens (including phenoxy) is 1. The molecule has 6 heterocycles. The summed E-state index contributed by atoms with van der Waals surface area (Å²) in [7, 11) is -3.37. The molecule has 2 aliphatic rings. The van der Waals surface area contributed by atoms with E-state index in [0.29, 0.717) is 64.8 Å². The van der Waals surface area contributed by atoms with Crippen molar-refractivity contribution in [3.8, 4) is 38.6 Å². The number of fused-ring (bicyclic) bond motifs is 1. The number of pyridine rings is 1. The molecule has 0 spiro atoms. The van der Waals surface area contributed by atoms with Gasteiger partial charge in [-0.1, -0.05) is 63.2 Å². The molecule has 78 heavy (non-hydrogen) atoms. The molecule has 0 unspecified atom stereocenters. The number of carbonyl (C=O) groups is 3. The number of likely N-dealkylation sites (tertiary alicyclic amines) is 2. The van der Waals surface area contributed by atoms with E-state index in [0.717, 1.165) is 21.7 Å². The number of benzene rings is 3. The summed E-state index contributed by atoms with van der Waals surface area (Å²) in [6, 6.07) is 15.6. The number of halogens is 3. The first-order valence-corrected chi connectivity index (χ1v) is 27.8. The smallest absolute Gasteiger partial charge is 0.355 e. The van der Waals surface area contributed by atoms with Gasteiger partial charge in [0.2, 0.25) is 17.7 Å². The Morgan fingerprint density at radius 1 is 0.974 bits per heavy atom. The first-order chi connectivity index (χ1) is 37.0. The third kappa shape index (κ3) is 12.0. The molecule has 7 aromatic rings. The third-order valence-corrected chi connectivity index (χ3v) is 16.1. The topological polar surface area (TPSA) is 245 Å². The van der Waals surface area contributed by atoms with Crippen molar-refractivity contribution < 1.29 is 45.8 Å². The minimum Gasteiger partial charge on any atom is -0.484 e. The monoisotopic (exact) mass is 1110 g/mol. The first-order valence-electron chi connectivity index (χ1n) is 25.3. The Bertz CT molecular complexity index is 3450. The van der Waals surface area contributed by atoms with Crippen LogP contribution in [0.15, 0.2) is 90.8 Å². The lowest BCUT2D eigenvalue weighted by Crippen LogP contribution is -2.58. The number of hydrogen-bond donors (Lipinski definition) is 5. The molecular weight excluding hydrogens is 1050 g/mol. The summed E-state index contributed by atoms with van der Waals surface area (Å²) >= 11 is 1.56. The molecule has 0 saturated carbocycles. The fourth-order valence-corrected chi connectivity index (χ4v) is 11.4. The van der Waals surface area contributed by atoms with Crippen molar-refractivity contribution in [3.63, 3.8) is 0 Å². The van der Waals surface area contributed by atoms with Gasteiger partial charge in [0.05, 0.1) is 57.6 Å². The highest BCUT2D eigenvalue weighted by Gasteiger charge is 2.45. The maximum atomic E-state index is 14.3. The highest BCUT2D eigenvalue weighted by molar-refractivity contribution is 7.93. The van der Waals surface area contributed by atoms with Gasteiger partial charge in [0.15, 0.2) is 0 Å². The number of aliphatic hydroxyl groups excluding tert-OH is 1. The third-order valence-electron chi connectivity index (χ3n) is 14.2. The average Bonchev–Trinajstić information content (AvgIpc) is 4.37. The van der Waals surface area contributed by atoms with E-state index in [1.165, 1.54) is 47.4 Å². The molecule has 0 bridgehead atoms. The second-order valence-electron chi connectivity index (χ2n) is 20.8. The number of β-amino-alcohol motifs (C(OH)–C–C–N with tert-alkyl or cyclic N) is 1. The molecule has 412 valence electrons. The van der Waals surface area contributed by atoms with E-state index in [1.807, 2.05) is 72.5 Å². The summed E-state index contributed by atoms with van der Waals surface area (Å²) < 4.78 is 77.0. The number of nitrogens with one attached hydrogen (secondary N) is 3. The number of hydrogen-bond acceptors (Lipinski definition) is 14. The lowest BCUT2D eigenvalue weighted by atomic mass is 9.85. The molecular formula is C54H61F3N12O7S2. The molecule has 2 saturated heterocycles. The highest BCUT2D eigenvalue weighted by atomic mass is 32.2. The van der Waals surface area contributed by atoms with Crippen LogP contribution in [0.2, 0.25) is 0 Å². The average molecular weight is 1110 g/mol. The van der Waals surface area contributed by atoms with E-state index in [4.69, 9.17) is 20.7 Å². The molecule has 2 fully saturated rings. The van der Waals surface area contributed by atoms with Crippen LogP contribution in [-0.2, 0) is 38.0 Å². The molecule has 2 aliphatic heterocycles. The zero-order chi connectivity index (χ0) is 55.8. The van der Waals surface area contributed by atoms with Crippen molar-refractivity contribution in [2.24, 2.45) is 12.5 Å². The van der Waals surface area contributed by atoms with Gasteiger partial charge in [0.25, 0.3) is 10.0 Å². The van der Waals surface area contributed by atoms with Crippen LogP contribution in [0.3, 0.4) is 0 Å². The fourth-order valence-electron chi connectivity index (χ4n) is 10.00. The fraction of sp³-hybridized carbons (Fsp3) is 0.389. The van der Waals surface area contributed by atoms with Crippen LogP contribution in [0.1, 0.15) is 75.9 Å². The van der Waals surface area contributed by atoms with Gasteiger partial charge in [-0.2, -0.15) is 19.0 Å². The van der Waals surface area contributed by atoms with Gasteiger partial charge >= 0.3 is 5.76 Å². The van der Waals surface area contributed by atoms with E-state index in [2.05, 4.69) is 20.6 Å². The van der Waals surface area contributed by atoms with Gasteiger partial charge in [0, 0.05) is 68.7 Å². The van der Waals surface area contributed by atoms with Crippen molar-refractivity contribution in [2.75, 3.05) is 36.6 Å². The summed E-state index contributed by atoms with van der Waals surface area (Å²) in [5.74, 6) is -5.31. The second kappa shape index (κ2) is 22.5. The summed E-state index contributed by atoms with van der Waals surface area (Å²) in [5, 5.41) is 26.6. The number of aliphatic hydroxyl groups is 1. The zero-order valence-corrected chi connectivity index (χ0v) is 45.4. The number of carbonyl (C=O) groups excluding carboxylic acids is 3. The van der Waals surface area contributed by atoms with E-state index in [9.17, 15) is 41.1 Å². The van der Waals surface area contributed by atoms with Crippen LogP contribution >= 0.6 is 11.3 Å². The molecule has 6 N–H and O–H groups in total. The lowest BCUT2D eigenvalue weighted by Gasteiger charge is -2.36. The van der Waals surface area contributed by atoms with Crippen LogP contribution in [0.4, 0.5) is 24.7 Å². The van der Waals surface area contributed by atoms with Gasteiger partial charge < -0.3 is 31.1 Å². The number of rotatable bonds is 17. The van der Waals surface area contributed by atoms with Crippen LogP contribution in [0.25, 0.3) is 43.7 Å². The maximum absolute atomic E-state index is 14.3. The minimum absolute atomic E-state index is 0.0184. The van der Waals surface area contributed by atoms with Crippen LogP contribution < -0.4 is 25.8 Å². The van der Waals surface area contributed by atoms with Gasteiger partial charge in [-0.25, -0.2) is 22.8 Å². The number of nitrogens with two attached hydrogens (primary N) is 1. The van der Waals surface area contributed by atoms with Crippen molar-refractivity contribution in [3.05, 3.63) is 113 Å². The van der Waals surface area contributed by atoms with Crippen molar-refractivity contribution in [1.82, 2.24) is 50.0 Å². The normalized spacial score (nSPS) is 17.3. The second-order valence-corrected chi connectivity index (χ2v) is 23.3. The Morgan fingerprint density at radius 2 is 1.68 bits per heavy atom. The number of nitrogen functional groups attached to an aromatic ring is 1. The van der Waals surface area contributed by atoms with Crippen molar-refractivity contribution in [1.29, 1.82) is 0 Å². The predicted octanol–water partition coefficient (Wildman–Crippen LogP) is 7.20. The Labute approximate surface area is 453 Å². The van der Waals surface area contributed by atoms with E-state index < -0.39 is 57.2 Å². The quantitative estimate of drug-likeness (QED) is 0.0607. The van der Waals surface area contributed by atoms with Gasteiger partial charge in [-0.3, -0.25) is 33.4 Å². The number of nitrogens with zero attached hydrogens (tertiary/aromatic N) is 8. The number of aromatic nitrogens is 6. The molecule has 4 aromatic heterocycles. The zero-order valence-electron chi connectivity index (χ0n) is 43.8. The van der Waals surface area contributed by atoms with Gasteiger partial charge in [0.1, 0.15) is 41.3 Å². The Balaban J connectivity index is 0.841. The molecule has 4 atom stereocenters. The number of amides is 3. The number of anilines is 2. The number of alkyl halides is 2. The Morgan fingerprint density at radius 3 is 2.35 bits per heavy atom. The first kappa shape index (κ1) is 55.3. The van der Waals surface area contributed by atoms with E-state index in [1.54, 1.807) is 47.9 Å². The standard InChI is InChI=1S/C54H61F3N12O7S2/c1-30-48(77-29-61-30)34-9-7-32(8-10-34)23-60-51(72)42-22-39(70)27-68(42)52(73)49(54(3,4)5)63-44(71)28-67-19-17-38(18-20-67)69-26-36(24-62-69)40-25-59-50(58)45-46(64-66(6)47(40)45)35-13-16-41(65-78(74,75)53(56)57)43(21-35)76-31(2)33-11-14-37(55)15-12-33/h7-16,21,24-26,29,31,38-39,42,49,53,65,70H,17-20,22-23,27-28H2,1-6H3,(H2,58,59)(H,60,72)(H,63,71)/t31-,39+,42-,49+/m0/s1.